The normalized spacial score (nSPS) is 18.7. The van der Waals surface area contributed by atoms with Gasteiger partial charge in [-0.05, 0) is 25.0 Å². The lowest BCUT2D eigenvalue weighted by molar-refractivity contribution is -0.138. The summed E-state index contributed by atoms with van der Waals surface area (Å²) in [4.78, 5) is 29.5. The molecular formula is C19H25F2N3O3. The van der Waals surface area contributed by atoms with E-state index in [9.17, 15) is 23.5 Å². The number of halogens is 2. The number of likely N-dealkylation sites (tertiary alicyclic amines) is 1. The maximum Gasteiger partial charge on any atom is 0.223 e. The maximum atomic E-state index is 13.9. The Labute approximate surface area is 157 Å². The molecule has 2 amide bonds. The first-order valence-corrected chi connectivity index (χ1v) is 9.38. The van der Waals surface area contributed by atoms with Crippen molar-refractivity contribution in [1.82, 2.24) is 9.80 Å². The van der Waals surface area contributed by atoms with E-state index in [1.54, 1.807) is 14.7 Å². The molecule has 0 atom stereocenters. The van der Waals surface area contributed by atoms with E-state index in [-0.39, 0.29) is 36.4 Å². The number of amides is 2. The van der Waals surface area contributed by atoms with Crippen LogP contribution in [0.3, 0.4) is 0 Å². The van der Waals surface area contributed by atoms with E-state index in [1.807, 2.05) is 0 Å². The van der Waals surface area contributed by atoms with Gasteiger partial charge in [-0.25, -0.2) is 8.78 Å². The van der Waals surface area contributed by atoms with Crippen molar-refractivity contribution in [3.63, 3.8) is 0 Å². The van der Waals surface area contributed by atoms with Gasteiger partial charge in [-0.2, -0.15) is 0 Å². The molecule has 27 heavy (non-hydrogen) atoms. The van der Waals surface area contributed by atoms with Crippen LogP contribution in [-0.4, -0.2) is 72.1 Å². The minimum atomic E-state index is -0.605. The molecule has 0 aliphatic carbocycles. The summed E-state index contributed by atoms with van der Waals surface area (Å²) in [7, 11) is 0. The molecule has 6 nitrogen and oxygen atoms in total. The molecule has 2 saturated heterocycles. The Morgan fingerprint density at radius 2 is 1.37 bits per heavy atom. The lowest BCUT2D eigenvalue weighted by Crippen LogP contribution is -2.49. The van der Waals surface area contributed by atoms with Crippen LogP contribution in [0.2, 0.25) is 0 Å². The zero-order chi connectivity index (χ0) is 19.4. The number of anilines is 1. The predicted molar refractivity (Wildman–Crippen MR) is 96.2 cm³/mol. The first kappa shape index (κ1) is 19.5. The molecule has 2 aliphatic rings. The minimum absolute atomic E-state index is 0.0490. The van der Waals surface area contributed by atoms with Gasteiger partial charge in [0.15, 0.2) is 0 Å². The predicted octanol–water partition coefficient (Wildman–Crippen LogP) is 1.38. The van der Waals surface area contributed by atoms with Crippen LogP contribution < -0.4 is 4.90 Å². The SMILES string of the molecule is O=C(CCC(=O)N1CCN(c2c(F)cccc2F)CC1)N1CCC(O)CC1. The van der Waals surface area contributed by atoms with Crippen molar-refractivity contribution < 1.29 is 23.5 Å². The lowest BCUT2D eigenvalue weighted by Gasteiger charge is -2.36. The third kappa shape index (κ3) is 4.74. The highest BCUT2D eigenvalue weighted by molar-refractivity contribution is 5.84. The van der Waals surface area contributed by atoms with E-state index in [1.165, 1.54) is 18.2 Å². The van der Waals surface area contributed by atoms with Crippen molar-refractivity contribution in [2.24, 2.45) is 0 Å². The third-order valence-corrected chi connectivity index (χ3v) is 5.26. The van der Waals surface area contributed by atoms with E-state index in [0.717, 1.165) is 0 Å². The molecule has 3 rings (SSSR count). The summed E-state index contributed by atoms with van der Waals surface area (Å²) >= 11 is 0. The van der Waals surface area contributed by atoms with Gasteiger partial charge < -0.3 is 19.8 Å². The van der Waals surface area contributed by atoms with Crippen LogP contribution >= 0.6 is 0 Å². The quantitative estimate of drug-likeness (QED) is 0.856. The largest absolute Gasteiger partial charge is 0.393 e. The van der Waals surface area contributed by atoms with Gasteiger partial charge in [-0.15, -0.1) is 0 Å². The zero-order valence-corrected chi connectivity index (χ0v) is 15.2. The minimum Gasteiger partial charge on any atom is -0.393 e. The summed E-state index contributed by atoms with van der Waals surface area (Å²) in [6.45, 7) is 2.50. The number of carbonyl (C=O) groups excluding carboxylic acids is 2. The summed E-state index contributed by atoms with van der Waals surface area (Å²) < 4.78 is 27.8. The van der Waals surface area contributed by atoms with Crippen LogP contribution in [0.4, 0.5) is 14.5 Å². The van der Waals surface area contributed by atoms with E-state index < -0.39 is 11.6 Å². The highest BCUT2D eigenvalue weighted by Gasteiger charge is 2.26. The number of para-hydroxylation sites is 1. The highest BCUT2D eigenvalue weighted by atomic mass is 19.1. The monoisotopic (exact) mass is 381 g/mol. The molecule has 1 N–H and O–H groups in total. The van der Waals surface area contributed by atoms with Crippen LogP contribution in [0, 0.1) is 11.6 Å². The molecule has 0 aromatic heterocycles. The zero-order valence-electron chi connectivity index (χ0n) is 15.2. The Hall–Kier alpha value is -2.22. The molecular weight excluding hydrogens is 356 g/mol. The number of nitrogens with zero attached hydrogens (tertiary/aromatic N) is 3. The number of benzene rings is 1. The van der Waals surface area contributed by atoms with Gasteiger partial charge in [0.1, 0.15) is 17.3 Å². The fourth-order valence-electron chi connectivity index (χ4n) is 3.62. The van der Waals surface area contributed by atoms with Crippen molar-refractivity contribution >= 4 is 17.5 Å². The van der Waals surface area contributed by atoms with Gasteiger partial charge in [-0.3, -0.25) is 9.59 Å². The number of rotatable bonds is 4. The fourth-order valence-corrected chi connectivity index (χ4v) is 3.62. The number of piperidine rings is 1. The van der Waals surface area contributed by atoms with Gasteiger partial charge in [-0.1, -0.05) is 6.07 Å². The Bertz CT molecular complexity index is 665. The molecule has 2 fully saturated rings. The van der Waals surface area contributed by atoms with E-state index >= 15 is 0 Å². The molecule has 0 unspecified atom stereocenters. The number of piperazine rings is 1. The summed E-state index contributed by atoms with van der Waals surface area (Å²) in [5, 5.41) is 9.49. The van der Waals surface area contributed by atoms with Crippen molar-refractivity contribution in [3.8, 4) is 0 Å². The van der Waals surface area contributed by atoms with Crippen LogP contribution in [0.5, 0.6) is 0 Å². The Kier molecular flexibility index (Phi) is 6.26. The molecule has 2 heterocycles. The van der Waals surface area contributed by atoms with Crippen LogP contribution in [-0.2, 0) is 9.59 Å². The van der Waals surface area contributed by atoms with Crippen molar-refractivity contribution in [3.05, 3.63) is 29.8 Å². The molecule has 1 aromatic carbocycles. The van der Waals surface area contributed by atoms with E-state index in [2.05, 4.69) is 0 Å². The molecule has 0 spiro atoms. The molecule has 0 radical (unpaired) electrons. The second-order valence-corrected chi connectivity index (χ2v) is 7.05. The number of aliphatic hydroxyl groups excluding tert-OH is 1. The van der Waals surface area contributed by atoms with Crippen molar-refractivity contribution in [1.29, 1.82) is 0 Å². The third-order valence-electron chi connectivity index (χ3n) is 5.26. The average Bonchev–Trinajstić information content (AvgIpc) is 2.67. The smallest absolute Gasteiger partial charge is 0.223 e. The number of hydrogen-bond donors (Lipinski definition) is 1. The molecule has 148 valence electrons. The standard InChI is InChI=1S/C19H25F2N3O3/c20-15-2-1-3-16(21)19(15)24-12-10-23(11-13-24)18(27)5-4-17(26)22-8-6-14(25)7-9-22/h1-3,14,25H,4-13H2. The van der Waals surface area contributed by atoms with E-state index in [4.69, 9.17) is 0 Å². The van der Waals surface area contributed by atoms with Gasteiger partial charge in [0.05, 0.1) is 6.10 Å². The first-order chi connectivity index (χ1) is 13.0. The summed E-state index contributed by atoms with van der Waals surface area (Å²) in [5.74, 6) is -1.39. The molecule has 0 bridgehead atoms. The summed E-state index contributed by atoms with van der Waals surface area (Å²) in [5.41, 5.74) is -0.0490. The number of carbonyl (C=O) groups is 2. The molecule has 0 saturated carbocycles. The highest BCUT2D eigenvalue weighted by Crippen LogP contribution is 2.24. The topological polar surface area (TPSA) is 64.1 Å². The first-order valence-electron chi connectivity index (χ1n) is 9.38. The van der Waals surface area contributed by atoms with Crippen LogP contribution in [0.25, 0.3) is 0 Å². The summed E-state index contributed by atoms with van der Waals surface area (Å²) in [6, 6.07) is 3.77. The average molecular weight is 381 g/mol. The van der Waals surface area contributed by atoms with Gasteiger partial charge in [0, 0.05) is 52.1 Å². The van der Waals surface area contributed by atoms with Crippen molar-refractivity contribution in [2.75, 3.05) is 44.2 Å². The Morgan fingerprint density at radius 1 is 0.889 bits per heavy atom. The summed E-state index contributed by atoms with van der Waals surface area (Å²) in [6.07, 6.45) is 1.09. The van der Waals surface area contributed by atoms with Crippen molar-refractivity contribution in [2.45, 2.75) is 31.8 Å². The van der Waals surface area contributed by atoms with Gasteiger partial charge in [0.25, 0.3) is 0 Å². The van der Waals surface area contributed by atoms with Crippen LogP contribution in [0.15, 0.2) is 18.2 Å². The van der Waals surface area contributed by atoms with Gasteiger partial charge >= 0.3 is 0 Å². The fraction of sp³-hybridized carbons (Fsp3) is 0.579. The maximum absolute atomic E-state index is 13.9. The second-order valence-electron chi connectivity index (χ2n) is 7.05. The van der Waals surface area contributed by atoms with Crippen LogP contribution in [0.1, 0.15) is 25.7 Å². The number of aliphatic hydroxyl groups is 1. The van der Waals surface area contributed by atoms with E-state index in [0.29, 0.717) is 52.1 Å². The lowest BCUT2D eigenvalue weighted by atomic mass is 10.1. The van der Waals surface area contributed by atoms with Gasteiger partial charge in [0.2, 0.25) is 11.8 Å². The molecule has 1 aromatic rings. The Morgan fingerprint density at radius 3 is 1.89 bits per heavy atom. The second kappa shape index (κ2) is 8.65. The Balaban J connectivity index is 1.45. The molecule has 8 heteroatoms. The molecule has 2 aliphatic heterocycles. The number of hydrogen-bond acceptors (Lipinski definition) is 4.